The van der Waals surface area contributed by atoms with Crippen molar-refractivity contribution in [3.05, 3.63) is 259 Å². The maximum atomic E-state index is 15.5. The molecule has 12 heterocycles. The Balaban J connectivity index is 0.000000124. The molecule has 0 unspecified atom stereocenters. The zero-order valence-corrected chi connectivity index (χ0v) is 78.9. The zero-order valence-electron chi connectivity index (χ0n) is 72.5. The number of hydrogen-bond acceptors (Lipinski definition) is 30. The first-order valence-electron chi connectivity index (χ1n) is 41.1. The number of oxime groups is 2. The van der Waals surface area contributed by atoms with Gasteiger partial charge in [-0.05, 0) is 185 Å². The summed E-state index contributed by atoms with van der Waals surface area (Å²) >= 11 is 12.9. The summed E-state index contributed by atoms with van der Waals surface area (Å²) in [4.78, 5) is 95.4. The van der Waals surface area contributed by atoms with Crippen LogP contribution in [0.4, 0.5) is 48.5 Å². The Morgan fingerprint density at radius 1 is 0.396 bits per heavy atom. The number of ether oxygens (including phenoxy) is 6. The Bertz CT molecular complexity index is 6730. The third kappa shape index (κ3) is 19.1. The molecule has 0 aliphatic heterocycles. The number of hydrogen-bond donors (Lipinski definition) is 4. The van der Waals surface area contributed by atoms with E-state index in [0.717, 1.165) is 189 Å². The van der Waals surface area contributed by atoms with Gasteiger partial charge in [-0.3, -0.25) is 41.2 Å². The molecule has 4 aromatic carbocycles. The van der Waals surface area contributed by atoms with E-state index in [1.54, 1.807) is 90.2 Å². The Hall–Kier alpha value is -14.4. The lowest BCUT2D eigenvalue weighted by atomic mass is 9.95. The number of rotatable bonds is 20. The predicted molar refractivity (Wildman–Crippen MR) is 511 cm³/mol. The molecular weight excluding hydrogens is 1930 g/mol. The van der Waals surface area contributed by atoms with Crippen LogP contribution in [0.15, 0.2) is 190 Å². The Kier molecular flexibility index (Phi) is 28.1. The first kappa shape index (κ1) is 91.5. The molecule has 4 amide bonds. The number of aromatic nitrogens is 16. The molecule has 0 fully saturated rings. The molecule has 0 radical (unpaired) electrons. The lowest BCUT2D eigenvalue weighted by Crippen LogP contribution is -2.10. The van der Waals surface area contributed by atoms with E-state index in [1.807, 2.05) is 107 Å². The van der Waals surface area contributed by atoms with E-state index in [2.05, 4.69) is 113 Å². The molecule has 20 rings (SSSR count). The quantitative estimate of drug-likeness (QED) is 0.0313. The lowest BCUT2D eigenvalue weighted by Gasteiger charge is -2.16. The highest BCUT2D eigenvalue weighted by Crippen LogP contribution is 2.50. The summed E-state index contributed by atoms with van der Waals surface area (Å²) in [6, 6.07) is 37.2. The van der Waals surface area contributed by atoms with E-state index in [-0.39, 0.29) is 12.3 Å². The van der Waals surface area contributed by atoms with E-state index in [4.69, 9.17) is 48.9 Å². The van der Waals surface area contributed by atoms with E-state index < -0.39 is 36.0 Å². The van der Waals surface area contributed by atoms with Gasteiger partial charge in [-0.15, -0.1) is 0 Å². The summed E-state index contributed by atoms with van der Waals surface area (Å²) in [5.41, 5.74) is 23.2. The molecule has 134 heavy (non-hydrogen) atoms. The Morgan fingerprint density at radius 3 is 1.06 bits per heavy atom. The first-order valence-corrected chi connectivity index (χ1v) is 46.0. The number of carbonyl (C=O) groups excluding carboxylic acids is 4. The molecule has 34 nitrogen and oxygen atoms in total. The van der Waals surface area contributed by atoms with Crippen molar-refractivity contribution in [1.29, 1.82) is 0 Å². The van der Waals surface area contributed by atoms with Gasteiger partial charge in [0.1, 0.15) is 31.4 Å². The molecule has 0 spiro atoms. The number of halogens is 4. The second kappa shape index (κ2) is 41.2. The molecule has 680 valence electrons. The van der Waals surface area contributed by atoms with Crippen molar-refractivity contribution < 1.29 is 66.1 Å². The number of nitrogens with zero attached hydrogens (tertiary/aromatic N) is 18. The van der Waals surface area contributed by atoms with Crippen molar-refractivity contribution in [2.75, 3.05) is 78.1 Å². The predicted octanol–water partition coefficient (Wildman–Crippen LogP) is 19.4. The van der Waals surface area contributed by atoms with Gasteiger partial charge in [-0.25, -0.2) is 66.6 Å². The number of pyridine rings is 4. The number of amides is 4. The third-order valence-corrected chi connectivity index (χ3v) is 27.2. The van der Waals surface area contributed by atoms with Crippen molar-refractivity contribution in [1.82, 2.24) is 79.0 Å². The lowest BCUT2D eigenvalue weighted by molar-refractivity contribution is 0.181. The van der Waals surface area contributed by atoms with Crippen molar-refractivity contribution in [3.63, 3.8) is 0 Å². The number of aryl methyl sites for hydroxylation is 4. The van der Waals surface area contributed by atoms with Gasteiger partial charge in [0.15, 0.2) is 26.3 Å². The number of nitrogens with one attached hydrogen (secondary N) is 4. The minimum atomic E-state index is -0.602. The van der Waals surface area contributed by atoms with Crippen LogP contribution in [0.5, 0.6) is 0 Å². The molecule has 42 heteroatoms. The van der Waals surface area contributed by atoms with Gasteiger partial charge in [-0.2, -0.15) is 20.4 Å². The standard InChI is InChI=1S/C23H19BrN6O3S.C23H20BrN5O3S.C23H19FN6O3S.C23H20FN5O3S/c1-32-23(31)28-22-27-17-7-6-15-19(14-4-3-9-25-12-14)29-30(20(15)21(17)34-22)18-8-5-13(10-16(18)24)11-26-33-2;1-31-12-14-5-3-7-17(18(14)24)29-20-15(19(28-29)13-6-4-10-25-11-13)8-9-16-21(20)33-22(26-16)27-23(30)32-2;1-32-23(31)28-22-27-17-7-6-15-19(14-4-3-9-25-12-14)29-30(20(15)21(17)34-22)18-8-5-13(10-16(18)24)11-26-33-2;1-31-12-14-5-3-7-17(18(14)24)29-20-15(19(28-29)13-6-4-10-25-11-13)8-9-16-21(20)33-22(26-16)27-23(30)32-2/h3-5,8-12H,6-7H2,1-2H3,(H,27,28,31);3-7,10-11H,8-9,12H2,1-2H3,(H,26,27,30);3-5,8-12H,6-7H2,1-2H3,(H,27,28,31);3-7,10-11H,8-9,12H2,1-2H3,(H,26,27,30). The van der Waals surface area contributed by atoms with Crippen LogP contribution in [0.2, 0.25) is 0 Å². The number of thiazole rings is 4. The van der Waals surface area contributed by atoms with E-state index in [1.165, 1.54) is 107 Å². The Morgan fingerprint density at radius 2 is 0.724 bits per heavy atom. The maximum absolute atomic E-state index is 15.5. The van der Waals surface area contributed by atoms with Crippen LogP contribution < -0.4 is 21.3 Å². The van der Waals surface area contributed by atoms with Gasteiger partial charge >= 0.3 is 24.4 Å². The fourth-order valence-corrected chi connectivity index (χ4v) is 21.0. The minimum absolute atomic E-state index is 0.150. The largest absolute Gasteiger partial charge is 0.453 e. The van der Waals surface area contributed by atoms with Crippen LogP contribution in [-0.4, -0.2) is 173 Å². The normalized spacial score (nSPS) is 12.3. The van der Waals surface area contributed by atoms with E-state index in [0.29, 0.717) is 69.6 Å². The summed E-state index contributed by atoms with van der Waals surface area (Å²) in [6.45, 7) is 0.629. The van der Waals surface area contributed by atoms with Crippen LogP contribution >= 0.6 is 77.2 Å². The second-order valence-corrected chi connectivity index (χ2v) is 35.2. The molecule has 4 aliphatic carbocycles. The molecular formula is C92H78Br2F2N22O12S4. The van der Waals surface area contributed by atoms with Gasteiger partial charge < -0.3 is 38.1 Å². The topological polar surface area (TPSA) is 389 Å². The van der Waals surface area contributed by atoms with Crippen molar-refractivity contribution in [2.24, 2.45) is 10.3 Å². The van der Waals surface area contributed by atoms with Crippen LogP contribution in [-0.2, 0) is 103 Å². The number of carbonyl (C=O) groups is 4. The van der Waals surface area contributed by atoms with E-state index >= 15 is 8.78 Å². The molecule has 12 aromatic heterocycles. The highest BCUT2D eigenvalue weighted by molar-refractivity contribution is 9.11. The SMILES string of the molecule is COCc1cccc(-n2nc(-c3cccnc3)c3c2-c2sc(NC(=O)OC)nc2CC3)c1Br.COCc1cccc(-n2nc(-c3cccnc3)c3c2-c2sc(NC(=O)OC)nc2CC3)c1F.CON=Cc1ccc(-n2nc(-c3cccnc3)c3c2-c2sc(NC(=O)OC)nc2CC3)c(Br)c1.CON=Cc1ccc(-n2nc(-c3cccnc3)c3c2-c2sc(NC(=O)OC)nc2CC3)c(F)c1. The van der Waals surface area contributed by atoms with Gasteiger partial charge in [0, 0.05) is 123 Å². The van der Waals surface area contributed by atoms with E-state index in [9.17, 15) is 19.2 Å². The van der Waals surface area contributed by atoms with Crippen molar-refractivity contribution in [2.45, 2.75) is 64.6 Å². The summed E-state index contributed by atoms with van der Waals surface area (Å²) in [5.74, 6) is -0.862. The van der Waals surface area contributed by atoms with Crippen molar-refractivity contribution >= 4 is 135 Å². The third-order valence-electron chi connectivity index (χ3n) is 21.5. The van der Waals surface area contributed by atoms with Gasteiger partial charge in [0.25, 0.3) is 0 Å². The number of anilines is 4. The summed E-state index contributed by atoms with van der Waals surface area (Å²) < 4.78 is 69.0. The molecule has 16 aromatic rings. The van der Waals surface area contributed by atoms with Crippen LogP contribution in [0.3, 0.4) is 0 Å². The van der Waals surface area contributed by atoms with Crippen molar-refractivity contribution in [3.8, 4) is 110 Å². The van der Waals surface area contributed by atoms with Gasteiger partial charge in [0.2, 0.25) is 0 Å². The highest BCUT2D eigenvalue weighted by atomic mass is 79.9. The second-order valence-electron chi connectivity index (χ2n) is 29.6. The van der Waals surface area contributed by atoms with Crippen LogP contribution in [0.1, 0.15) is 67.3 Å². The molecule has 0 bridgehead atoms. The summed E-state index contributed by atoms with van der Waals surface area (Å²) in [6.07, 6.45) is 20.5. The van der Waals surface area contributed by atoms with Crippen LogP contribution in [0, 0.1) is 11.6 Å². The van der Waals surface area contributed by atoms with Crippen LogP contribution in [0.25, 0.3) is 110 Å². The first-order chi connectivity index (χ1) is 65.4. The monoisotopic (exact) mass is 2010 g/mol. The summed E-state index contributed by atoms with van der Waals surface area (Å²) in [5, 5.41) is 39.7. The highest BCUT2D eigenvalue weighted by Gasteiger charge is 2.37. The molecule has 0 saturated heterocycles. The Labute approximate surface area is 795 Å². The maximum Gasteiger partial charge on any atom is 0.413 e. The number of benzene rings is 4. The molecule has 0 saturated carbocycles. The fourth-order valence-electron chi connectivity index (χ4n) is 15.7. The number of fused-ring (bicyclic) bond motifs is 12. The fraction of sp³-hybridized carbons (Fsp3) is 0.196. The van der Waals surface area contributed by atoms with Gasteiger partial charge in [0.05, 0.1) is 153 Å². The zero-order chi connectivity index (χ0) is 93.2. The molecule has 0 atom stereocenters. The number of methoxy groups -OCH3 is 6. The average molecular weight is 2010 g/mol. The smallest absolute Gasteiger partial charge is 0.413 e. The van der Waals surface area contributed by atoms with Gasteiger partial charge in [-0.1, -0.05) is 92.1 Å². The minimum Gasteiger partial charge on any atom is -0.453 e. The molecule has 4 aliphatic rings. The summed E-state index contributed by atoms with van der Waals surface area (Å²) in [7, 11) is 11.4. The molecule has 4 N–H and O–H groups in total. The average Bonchev–Trinajstić information content (AvgIpc) is 1.60.